The molecule has 0 radical (unpaired) electrons. The third-order valence-corrected chi connectivity index (χ3v) is 6.75. The molecule has 2 aromatic heterocycles. The van der Waals surface area contributed by atoms with Crippen molar-refractivity contribution in [1.82, 2.24) is 9.13 Å². The summed E-state index contributed by atoms with van der Waals surface area (Å²) in [7, 11) is 0. The quantitative estimate of drug-likeness (QED) is 0.266. The Morgan fingerprint density at radius 2 is 0.909 bits per heavy atom. The Morgan fingerprint density at radius 3 is 1.55 bits per heavy atom. The van der Waals surface area contributed by atoms with Crippen LogP contribution in [-0.2, 0) is 0 Å². The number of hydrogen-bond donors (Lipinski definition) is 0. The van der Waals surface area contributed by atoms with Gasteiger partial charge in [0.05, 0.1) is 22.1 Å². The number of benzene rings is 5. The fourth-order valence-corrected chi connectivity index (χ4v) is 5.39. The van der Waals surface area contributed by atoms with E-state index in [1.807, 2.05) is 0 Å². The van der Waals surface area contributed by atoms with Crippen molar-refractivity contribution in [3.63, 3.8) is 0 Å². The van der Waals surface area contributed by atoms with Gasteiger partial charge in [0.2, 0.25) is 0 Å². The average Bonchev–Trinajstić information content (AvgIpc) is 3.37. The summed E-state index contributed by atoms with van der Waals surface area (Å²) in [6, 6.07) is 41.5. The fourth-order valence-electron chi connectivity index (χ4n) is 5.39. The summed E-state index contributed by atoms with van der Waals surface area (Å²) in [5, 5.41) is 5.23. The van der Waals surface area contributed by atoms with E-state index in [2.05, 4.69) is 131 Å². The van der Waals surface area contributed by atoms with E-state index in [-0.39, 0.29) is 0 Å². The molecule has 0 atom stereocenters. The minimum atomic E-state index is 1.19. The van der Waals surface area contributed by atoms with Crippen LogP contribution in [0, 0.1) is 6.92 Å². The Hall–Kier alpha value is -4.30. The van der Waals surface area contributed by atoms with Crippen molar-refractivity contribution in [2.45, 2.75) is 6.92 Å². The third-order valence-electron chi connectivity index (χ3n) is 6.75. The summed E-state index contributed by atoms with van der Waals surface area (Å²) in [5.41, 5.74) is 8.61. The largest absolute Gasteiger partial charge is 0.309 e. The van der Waals surface area contributed by atoms with Crippen LogP contribution in [0.3, 0.4) is 0 Å². The number of para-hydroxylation sites is 3. The van der Waals surface area contributed by atoms with Crippen molar-refractivity contribution in [3.8, 4) is 11.4 Å². The molecule has 33 heavy (non-hydrogen) atoms. The van der Waals surface area contributed by atoms with Crippen molar-refractivity contribution in [2.75, 3.05) is 0 Å². The number of nitrogens with zero attached hydrogens (tertiary/aromatic N) is 2. The molecule has 0 aliphatic heterocycles. The molecule has 2 heterocycles. The number of rotatable bonds is 2. The second-order valence-corrected chi connectivity index (χ2v) is 8.73. The zero-order valence-electron chi connectivity index (χ0n) is 18.4. The minimum absolute atomic E-state index is 1.19. The lowest BCUT2D eigenvalue weighted by atomic mass is 10.0. The smallest absolute Gasteiger partial charge is 0.0548 e. The van der Waals surface area contributed by atoms with E-state index in [1.54, 1.807) is 0 Å². The minimum Gasteiger partial charge on any atom is -0.309 e. The first-order chi connectivity index (χ1) is 16.3. The van der Waals surface area contributed by atoms with Crippen LogP contribution in [0.1, 0.15) is 5.56 Å². The molecule has 2 heteroatoms. The highest BCUT2D eigenvalue weighted by Crippen LogP contribution is 2.42. The van der Waals surface area contributed by atoms with Crippen molar-refractivity contribution in [2.24, 2.45) is 0 Å². The molecule has 0 unspecified atom stereocenters. The SMILES string of the molecule is Cc1ccc2c(c1)c1c3c4ccccc4n(-c4ccccc4)c3ccc1n2-c1ccccc1. The van der Waals surface area contributed by atoms with Crippen molar-refractivity contribution in [1.29, 1.82) is 0 Å². The molecule has 0 aliphatic rings. The molecule has 0 amide bonds. The summed E-state index contributed by atoms with van der Waals surface area (Å²) in [6.45, 7) is 2.18. The first kappa shape index (κ1) is 18.3. The lowest BCUT2D eigenvalue weighted by molar-refractivity contribution is 1.17. The van der Waals surface area contributed by atoms with Crippen molar-refractivity contribution < 1.29 is 0 Å². The van der Waals surface area contributed by atoms with Gasteiger partial charge in [-0.25, -0.2) is 0 Å². The maximum Gasteiger partial charge on any atom is 0.0548 e. The molecule has 0 saturated heterocycles. The molecule has 156 valence electrons. The van der Waals surface area contributed by atoms with Crippen LogP contribution in [0.5, 0.6) is 0 Å². The summed E-state index contributed by atoms with van der Waals surface area (Å²) in [5.74, 6) is 0. The van der Waals surface area contributed by atoms with Gasteiger partial charge >= 0.3 is 0 Å². The zero-order chi connectivity index (χ0) is 21.9. The Morgan fingerprint density at radius 1 is 0.424 bits per heavy atom. The van der Waals surface area contributed by atoms with Gasteiger partial charge in [0.15, 0.2) is 0 Å². The molecule has 0 aliphatic carbocycles. The molecular formula is C31H22N2. The first-order valence-corrected chi connectivity index (χ1v) is 11.4. The van der Waals surface area contributed by atoms with Gasteiger partial charge in [-0.15, -0.1) is 0 Å². The molecule has 0 fully saturated rings. The lowest BCUT2D eigenvalue weighted by Gasteiger charge is -2.09. The second kappa shape index (κ2) is 6.85. The van der Waals surface area contributed by atoms with E-state index in [4.69, 9.17) is 0 Å². The molecule has 0 N–H and O–H groups in total. The van der Waals surface area contributed by atoms with Crippen LogP contribution in [-0.4, -0.2) is 9.13 Å². The van der Waals surface area contributed by atoms with Gasteiger partial charge in [0.25, 0.3) is 0 Å². The predicted octanol–water partition coefficient (Wildman–Crippen LogP) is 8.19. The Kier molecular flexibility index (Phi) is 3.80. The highest BCUT2D eigenvalue weighted by molar-refractivity contribution is 6.28. The van der Waals surface area contributed by atoms with Crippen molar-refractivity contribution >= 4 is 43.6 Å². The van der Waals surface area contributed by atoms with Gasteiger partial charge < -0.3 is 9.13 Å². The molecule has 7 rings (SSSR count). The maximum absolute atomic E-state index is 2.40. The van der Waals surface area contributed by atoms with Crippen LogP contribution in [0.25, 0.3) is 55.0 Å². The van der Waals surface area contributed by atoms with Gasteiger partial charge in [0, 0.05) is 32.9 Å². The summed E-state index contributed by atoms with van der Waals surface area (Å²) < 4.78 is 4.80. The molecule has 0 saturated carbocycles. The standard InChI is InChI=1S/C31H22N2/c1-21-16-17-27-25(20-21)31-29(33(27)23-12-6-3-7-13-23)19-18-28-30(31)24-14-8-9-15-26(24)32(28)22-10-4-2-5-11-22/h2-20H,1H3. The van der Waals surface area contributed by atoms with Gasteiger partial charge in [-0.05, 0) is 61.5 Å². The van der Waals surface area contributed by atoms with Gasteiger partial charge in [0.1, 0.15) is 0 Å². The van der Waals surface area contributed by atoms with E-state index in [0.717, 1.165) is 0 Å². The molecule has 7 aromatic rings. The number of aromatic nitrogens is 2. The van der Waals surface area contributed by atoms with Crippen LogP contribution < -0.4 is 0 Å². The topological polar surface area (TPSA) is 9.86 Å². The van der Waals surface area contributed by atoms with E-state index in [0.29, 0.717) is 0 Å². The van der Waals surface area contributed by atoms with Crippen LogP contribution in [0.2, 0.25) is 0 Å². The maximum atomic E-state index is 2.40. The van der Waals surface area contributed by atoms with Crippen LogP contribution in [0.15, 0.2) is 115 Å². The van der Waals surface area contributed by atoms with Crippen LogP contribution >= 0.6 is 0 Å². The lowest BCUT2D eigenvalue weighted by Crippen LogP contribution is -1.94. The number of hydrogen-bond acceptors (Lipinski definition) is 0. The predicted molar refractivity (Wildman–Crippen MR) is 140 cm³/mol. The molecule has 5 aromatic carbocycles. The molecule has 2 nitrogen and oxygen atoms in total. The zero-order valence-corrected chi connectivity index (χ0v) is 18.4. The number of aryl methyl sites for hydroxylation is 1. The van der Waals surface area contributed by atoms with Crippen molar-refractivity contribution in [3.05, 3.63) is 121 Å². The summed E-state index contributed by atoms with van der Waals surface area (Å²) in [4.78, 5) is 0. The number of fused-ring (bicyclic) bond motifs is 7. The van der Waals surface area contributed by atoms with Crippen LogP contribution in [0.4, 0.5) is 0 Å². The molecule has 0 bridgehead atoms. The average molecular weight is 423 g/mol. The third kappa shape index (κ3) is 2.55. The summed E-state index contributed by atoms with van der Waals surface area (Å²) in [6.07, 6.45) is 0. The van der Waals surface area contributed by atoms with Gasteiger partial charge in [-0.3, -0.25) is 0 Å². The highest BCUT2D eigenvalue weighted by atomic mass is 15.0. The molecule has 0 spiro atoms. The van der Waals surface area contributed by atoms with E-state index in [9.17, 15) is 0 Å². The molecular weight excluding hydrogens is 400 g/mol. The monoisotopic (exact) mass is 422 g/mol. The second-order valence-electron chi connectivity index (χ2n) is 8.73. The van der Waals surface area contributed by atoms with Gasteiger partial charge in [-0.1, -0.05) is 66.2 Å². The van der Waals surface area contributed by atoms with E-state index < -0.39 is 0 Å². The first-order valence-electron chi connectivity index (χ1n) is 11.4. The Labute approximate surface area is 191 Å². The summed E-state index contributed by atoms with van der Waals surface area (Å²) >= 11 is 0. The van der Waals surface area contributed by atoms with Gasteiger partial charge in [-0.2, -0.15) is 0 Å². The van der Waals surface area contributed by atoms with E-state index in [1.165, 1.54) is 60.5 Å². The normalized spacial score (nSPS) is 11.8. The Bertz CT molecular complexity index is 1800. The Balaban J connectivity index is 1.75. The fraction of sp³-hybridized carbons (Fsp3) is 0.0323. The highest BCUT2D eigenvalue weighted by Gasteiger charge is 2.20. The van der Waals surface area contributed by atoms with E-state index >= 15 is 0 Å².